The van der Waals surface area contributed by atoms with Crippen LogP contribution in [0.1, 0.15) is 297 Å². The molecule has 0 aromatic carbocycles. The quantitative estimate of drug-likeness (QED) is 0.0212. The Balaban J connectivity index is 5.17. The Morgan fingerprint density at radius 3 is 1.20 bits per heavy atom. The van der Waals surface area contributed by atoms with E-state index in [9.17, 15) is 19.0 Å². The van der Waals surface area contributed by atoms with Crippen molar-refractivity contribution >= 4 is 19.7 Å². The molecule has 0 aliphatic heterocycles. The number of hydrogen-bond donors (Lipinski definition) is 1. The van der Waals surface area contributed by atoms with Gasteiger partial charge in [0, 0.05) is 12.8 Å². The van der Waals surface area contributed by atoms with Gasteiger partial charge in [-0.25, -0.2) is 0 Å². The minimum Gasteiger partial charge on any atom is -0.756 e. The topological polar surface area (TPSA) is 114 Å². The molecule has 0 spiro atoms. The summed E-state index contributed by atoms with van der Waals surface area (Å²) in [6.45, 7) is 6.71. The monoisotopic (exact) mass is 1160 g/mol. The summed E-state index contributed by atoms with van der Waals surface area (Å²) < 4.78 is 30.4. The third-order valence-corrected chi connectivity index (χ3v) is 15.7. The number of amides is 1. The van der Waals surface area contributed by atoms with Gasteiger partial charge in [-0.05, 0) is 109 Å². The maximum Gasteiger partial charge on any atom is 0.306 e. The number of nitrogens with one attached hydrogen (secondary N) is 1. The van der Waals surface area contributed by atoms with Crippen LogP contribution in [-0.4, -0.2) is 69.4 Å². The van der Waals surface area contributed by atoms with E-state index in [4.69, 9.17) is 13.8 Å². The van der Waals surface area contributed by atoms with Crippen LogP contribution in [0.2, 0.25) is 0 Å². The van der Waals surface area contributed by atoms with Gasteiger partial charge in [0.1, 0.15) is 19.3 Å². The molecule has 0 fully saturated rings. The number of rotatable bonds is 61. The number of allylic oxidation sites excluding steroid dienone is 15. The number of likely N-dealkylation sites (N-methyl/N-ethyl adjacent to an activating group) is 1. The first-order chi connectivity index (χ1) is 39.9. The fraction of sp³-hybridized carbons (Fsp3) is 0.750. The smallest absolute Gasteiger partial charge is 0.306 e. The first-order valence-corrected chi connectivity index (χ1v) is 35.5. The van der Waals surface area contributed by atoms with Gasteiger partial charge >= 0.3 is 5.97 Å². The molecule has 0 heterocycles. The molecule has 0 aromatic rings. The molecular formula is C72H129N2O7P. The number of nitrogens with zero attached hydrogens (tertiary/aromatic N) is 1. The third kappa shape index (κ3) is 61.5. The minimum atomic E-state index is -4.71. The van der Waals surface area contributed by atoms with Crippen molar-refractivity contribution in [2.45, 2.75) is 309 Å². The molecule has 0 bridgehead atoms. The highest BCUT2D eigenvalue weighted by Crippen LogP contribution is 2.38. The molecule has 0 aliphatic rings. The average Bonchev–Trinajstić information content (AvgIpc) is 3.44. The molecule has 0 saturated carbocycles. The van der Waals surface area contributed by atoms with Gasteiger partial charge in [0.05, 0.1) is 33.8 Å². The summed E-state index contributed by atoms with van der Waals surface area (Å²) in [6.07, 6.45) is 82.3. The number of ether oxygens (including phenoxy) is 1. The van der Waals surface area contributed by atoms with Crippen LogP contribution in [0.5, 0.6) is 0 Å². The number of unbranched alkanes of at least 4 members (excludes halogenated alkanes) is 31. The fourth-order valence-corrected chi connectivity index (χ4v) is 10.2. The number of carbonyl (C=O) groups is 2. The molecule has 0 saturated heterocycles. The van der Waals surface area contributed by atoms with Crippen molar-refractivity contribution in [2.75, 3.05) is 40.9 Å². The second-order valence-electron chi connectivity index (χ2n) is 23.9. The van der Waals surface area contributed by atoms with E-state index in [2.05, 4.69) is 111 Å². The second kappa shape index (κ2) is 61.0. The second-order valence-corrected chi connectivity index (χ2v) is 25.4. The molecule has 1 amide bonds. The van der Waals surface area contributed by atoms with Gasteiger partial charge in [-0.2, -0.15) is 0 Å². The molecule has 1 N–H and O–H groups in total. The molecule has 9 nitrogen and oxygen atoms in total. The molecule has 0 aliphatic carbocycles. The van der Waals surface area contributed by atoms with Gasteiger partial charge in [0.25, 0.3) is 7.82 Å². The highest BCUT2D eigenvalue weighted by molar-refractivity contribution is 7.45. The number of phosphoric ester groups is 1. The first-order valence-electron chi connectivity index (χ1n) is 34.0. The van der Waals surface area contributed by atoms with Crippen LogP contribution in [0.3, 0.4) is 0 Å². The number of carbonyl (C=O) groups excluding carboxylic acids is 2. The van der Waals surface area contributed by atoms with E-state index in [-0.39, 0.29) is 24.9 Å². The lowest BCUT2D eigenvalue weighted by molar-refractivity contribution is -0.870. The van der Waals surface area contributed by atoms with Crippen LogP contribution >= 0.6 is 7.82 Å². The third-order valence-electron chi connectivity index (χ3n) is 14.7. The molecule has 82 heavy (non-hydrogen) atoms. The Hall–Kier alpha value is -3.07. The van der Waals surface area contributed by atoms with E-state index in [1.54, 1.807) is 0 Å². The van der Waals surface area contributed by atoms with E-state index >= 15 is 0 Å². The van der Waals surface area contributed by atoms with E-state index in [0.29, 0.717) is 23.9 Å². The Kier molecular flexibility index (Phi) is 58.7. The van der Waals surface area contributed by atoms with Gasteiger partial charge in [-0.3, -0.25) is 14.2 Å². The lowest BCUT2D eigenvalue weighted by atomic mass is 10.0. The number of quaternary nitrogens is 1. The van der Waals surface area contributed by atoms with E-state index in [1.165, 1.54) is 148 Å². The summed E-state index contributed by atoms with van der Waals surface area (Å²) >= 11 is 0. The predicted molar refractivity (Wildman–Crippen MR) is 353 cm³/mol. The van der Waals surface area contributed by atoms with Crippen LogP contribution in [0.25, 0.3) is 0 Å². The lowest BCUT2D eigenvalue weighted by Crippen LogP contribution is -2.47. The molecule has 3 unspecified atom stereocenters. The Morgan fingerprint density at radius 2 is 0.780 bits per heavy atom. The van der Waals surface area contributed by atoms with Gasteiger partial charge in [-0.1, -0.05) is 272 Å². The van der Waals surface area contributed by atoms with Crippen molar-refractivity contribution in [1.29, 1.82) is 0 Å². The predicted octanol–water partition coefficient (Wildman–Crippen LogP) is 20.9. The highest BCUT2D eigenvalue weighted by atomic mass is 31.2. The van der Waals surface area contributed by atoms with Crippen molar-refractivity contribution in [3.8, 4) is 0 Å². The first kappa shape index (κ1) is 78.9. The Bertz CT molecular complexity index is 1720. The fourth-order valence-electron chi connectivity index (χ4n) is 9.52. The van der Waals surface area contributed by atoms with E-state index < -0.39 is 26.6 Å². The Labute approximate surface area is 507 Å². The lowest BCUT2D eigenvalue weighted by Gasteiger charge is -2.30. The number of esters is 1. The normalized spacial score (nSPS) is 14.2. The maximum absolute atomic E-state index is 13.6. The van der Waals surface area contributed by atoms with Crippen LogP contribution in [0.4, 0.5) is 0 Å². The summed E-state index contributed by atoms with van der Waals surface area (Å²) in [6, 6.07) is -0.903. The SMILES string of the molecule is CC/C=C\C/C=C\C/C=C\C/C=C\C/C=C\CCCCCCCC(=O)OC(/C=C/CCCCCCCCCCCC)C(COP(=O)([O-])OCC[N+](C)(C)C)NC(=O)CCCCCCCCCCCCCCC/C=C\C/C=C\CCCCC. The van der Waals surface area contributed by atoms with Crippen molar-refractivity contribution in [3.63, 3.8) is 0 Å². The summed E-state index contributed by atoms with van der Waals surface area (Å²) in [4.78, 5) is 40.1. The minimum absolute atomic E-state index is 0.0294. The standard InChI is InChI=1S/C72H129N2O7P/c1-7-10-13-16-19-22-25-28-30-32-34-36-37-39-40-42-44-46-49-52-55-58-61-64-71(75)73-69(68-80-82(77,78)79-67-66-74(4,5)6)70(63-60-57-54-51-48-27-24-21-18-15-12-9-3)81-72(76)65-62-59-56-53-50-47-45-43-41-38-35-33-31-29-26-23-20-17-14-11-8-2/h11,14,19-20,22-23,28-31,35,38,43,45,60,63,69-70H,7-10,12-13,15-18,21,24-27,32-34,36-37,39-42,44,46-59,61-62,64-68H2,1-6H3,(H-,73,75,77,78)/b14-11-,22-19-,23-20-,30-28-,31-29-,38-35-,45-43-,63-60+. The summed E-state index contributed by atoms with van der Waals surface area (Å²) in [7, 11) is 1.17. The average molecular weight is 1170 g/mol. The molecule has 0 aromatic heterocycles. The summed E-state index contributed by atoms with van der Waals surface area (Å²) in [5, 5.41) is 3.03. The highest BCUT2D eigenvalue weighted by Gasteiger charge is 2.27. The molecule has 0 rings (SSSR count). The van der Waals surface area contributed by atoms with Crippen molar-refractivity contribution in [3.05, 3.63) is 97.2 Å². The molecule has 3 atom stereocenters. The van der Waals surface area contributed by atoms with Crippen molar-refractivity contribution < 1.29 is 37.3 Å². The van der Waals surface area contributed by atoms with Crippen LogP contribution in [0, 0.1) is 0 Å². The van der Waals surface area contributed by atoms with Crippen LogP contribution in [0.15, 0.2) is 97.2 Å². The zero-order valence-electron chi connectivity index (χ0n) is 54.2. The zero-order valence-corrected chi connectivity index (χ0v) is 55.1. The van der Waals surface area contributed by atoms with Crippen LogP contribution < -0.4 is 10.2 Å². The van der Waals surface area contributed by atoms with Crippen LogP contribution in [-0.2, 0) is 27.9 Å². The molecule has 10 heteroatoms. The zero-order chi connectivity index (χ0) is 60.0. The number of hydrogen-bond acceptors (Lipinski definition) is 7. The van der Waals surface area contributed by atoms with E-state index in [0.717, 1.165) is 109 Å². The van der Waals surface area contributed by atoms with Gasteiger partial charge in [0.2, 0.25) is 5.91 Å². The van der Waals surface area contributed by atoms with Gasteiger partial charge in [-0.15, -0.1) is 0 Å². The number of phosphoric acid groups is 1. The van der Waals surface area contributed by atoms with Gasteiger partial charge in [0.15, 0.2) is 0 Å². The molecular weight excluding hydrogens is 1040 g/mol. The molecule has 0 radical (unpaired) electrons. The van der Waals surface area contributed by atoms with E-state index in [1.807, 2.05) is 33.3 Å². The Morgan fingerprint density at radius 1 is 0.439 bits per heavy atom. The molecule has 474 valence electrons. The maximum atomic E-state index is 13.6. The summed E-state index contributed by atoms with van der Waals surface area (Å²) in [5.41, 5.74) is 0. The largest absolute Gasteiger partial charge is 0.756 e. The van der Waals surface area contributed by atoms with Crippen molar-refractivity contribution in [2.24, 2.45) is 0 Å². The van der Waals surface area contributed by atoms with Gasteiger partial charge < -0.3 is 28.5 Å². The summed E-state index contributed by atoms with van der Waals surface area (Å²) in [5.74, 6) is -0.562. The van der Waals surface area contributed by atoms with Crippen molar-refractivity contribution in [1.82, 2.24) is 5.32 Å².